The Kier molecular flexibility index (Phi) is 3.48. The zero-order valence-electron chi connectivity index (χ0n) is 13.0. The molecule has 0 radical (unpaired) electrons. The standard InChI is InChI=1S/C16H20N4O2/c1-9-18-15(22-20-9)11-6-4-10(5-7-11)14(21)19-13-8-12(17)16(13,2)3/h4-7,12-13H,8,17H2,1-3H3,(H,19,21). The zero-order chi connectivity index (χ0) is 15.9. The summed E-state index contributed by atoms with van der Waals surface area (Å²) in [7, 11) is 0. The molecule has 0 bridgehead atoms. The summed E-state index contributed by atoms with van der Waals surface area (Å²) in [6.07, 6.45) is 0.818. The highest BCUT2D eigenvalue weighted by atomic mass is 16.5. The molecule has 3 rings (SSSR count). The molecule has 0 spiro atoms. The summed E-state index contributed by atoms with van der Waals surface area (Å²) < 4.78 is 5.11. The third kappa shape index (κ3) is 2.50. The lowest BCUT2D eigenvalue weighted by Gasteiger charge is -2.50. The first-order chi connectivity index (χ1) is 10.4. The molecule has 0 saturated heterocycles. The van der Waals surface area contributed by atoms with E-state index in [4.69, 9.17) is 10.3 Å². The van der Waals surface area contributed by atoms with Gasteiger partial charge in [0.05, 0.1) is 0 Å². The van der Waals surface area contributed by atoms with Gasteiger partial charge in [-0.2, -0.15) is 4.98 Å². The smallest absolute Gasteiger partial charge is 0.257 e. The number of nitrogens with zero attached hydrogens (tertiary/aromatic N) is 2. The van der Waals surface area contributed by atoms with Gasteiger partial charge in [0.1, 0.15) is 0 Å². The van der Waals surface area contributed by atoms with E-state index in [0.29, 0.717) is 17.3 Å². The minimum atomic E-state index is -0.0850. The Bertz CT molecular complexity index is 690. The highest BCUT2D eigenvalue weighted by molar-refractivity contribution is 5.94. The summed E-state index contributed by atoms with van der Waals surface area (Å²) in [4.78, 5) is 16.5. The van der Waals surface area contributed by atoms with Gasteiger partial charge in [0.15, 0.2) is 5.82 Å². The van der Waals surface area contributed by atoms with E-state index in [9.17, 15) is 4.79 Å². The van der Waals surface area contributed by atoms with Crippen molar-refractivity contribution in [1.29, 1.82) is 0 Å². The van der Waals surface area contributed by atoms with Gasteiger partial charge in [-0.15, -0.1) is 0 Å². The molecule has 1 aromatic carbocycles. The molecule has 2 unspecified atom stereocenters. The number of hydrogen-bond acceptors (Lipinski definition) is 5. The van der Waals surface area contributed by atoms with Crippen LogP contribution in [-0.4, -0.2) is 28.1 Å². The molecule has 1 saturated carbocycles. The number of amides is 1. The molecule has 0 aliphatic heterocycles. The van der Waals surface area contributed by atoms with Crippen LogP contribution >= 0.6 is 0 Å². The van der Waals surface area contributed by atoms with Crippen molar-refractivity contribution in [1.82, 2.24) is 15.5 Å². The van der Waals surface area contributed by atoms with Crippen LogP contribution in [0.5, 0.6) is 0 Å². The van der Waals surface area contributed by atoms with Crippen LogP contribution in [0.2, 0.25) is 0 Å². The Hall–Kier alpha value is -2.21. The predicted molar refractivity (Wildman–Crippen MR) is 82.1 cm³/mol. The molecular weight excluding hydrogens is 280 g/mol. The fourth-order valence-corrected chi connectivity index (χ4v) is 2.62. The predicted octanol–water partition coefficient (Wildman–Crippen LogP) is 1.90. The maximum absolute atomic E-state index is 12.3. The van der Waals surface area contributed by atoms with E-state index in [1.807, 2.05) is 0 Å². The highest BCUT2D eigenvalue weighted by Gasteiger charge is 2.46. The molecule has 1 aliphatic rings. The molecule has 2 atom stereocenters. The monoisotopic (exact) mass is 300 g/mol. The average molecular weight is 300 g/mol. The van der Waals surface area contributed by atoms with Gasteiger partial charge in [0, 0.05) is 28.6 Å². The van der Waals surface area contributed by atoms with Crippen molar-refractivity contribution in [3.8, 4) is 11.5 Å². The molecule has 2 aromatic rings. The number of nitrogens with one attached hydrogen (secondary N) is 1. The zero-order valence-corrected chi connectivity index (χ0v) is 13.0. The minimum Gasteiger partial charge on any atom is -0.349 e. The van der Waals surface area contributed by atoms with E-state index in [1.54, 1.807) is 31.2 Å². The van der Waals surface area contributed by atoms with Gasteiger partial charge in [0.2, 0.25) is 0 Å². The first kappa shape index (κ1) is 14.7. The van der Waals surface area contributed by atoms with Crippen molar-refractivity contribution in [2.24, 2.45) is 11.1 Å². The number of rotatable bonds is 3. The first-order valence-electron chi connectivity index (χ1n) is 7.35. The summed E-state index contributed by atoms with van der Waals surface area (Å²) in [6.45, 7) is 5.92. The van der Waals surface area contributed by atoms with Gasteiger partial charge < -0.3 is 15.6 Å². The number of nitrogens with two attached hydrogens (primary N) is 1. The Morgan fingerprint density at radius 2 is 2.05 bits per heavy atom. The van der Waals surface area contributed by atoms with Gasteiger partial charge in [-0.25, -0.2) is 0 Å². The second kappa shape index (κ2) is 5.21. The lowest BCUT2D eigenvalue weighted by atomic mass is 9.63. The Morgan fingerprint density at radius 1 is 1.36 bits per heavy atom. The number of aromatic nitrogens is 2. The van der Waals surface area contributed by atoms with E-state index in [0.717, 1.165) is 12.0 Å². The molecule has 3 N–H and O–H groups in total. The van der Waals surface area contributed by atoms with Crippen molar-refractivity contribution in [3.05, 3.63) is 35.7 Å². The van der Waals surface area contributed by atoms with Crippen molar-refractivity contribution in [2.75, 3.05) is 0 Å². The quantitative estimate of drug-likeness (QED) is 0.903. The first-order valence-corrected chi connectivity index (χ1v) is 7.35. The molecule has 1 amide bonds. The Balaban J connectivity index is 1.69. The number of benzene rings is 1. The second-order valence-electron chi connectivity index (χ2n) is 6.41. The molecule has 6 heteroatoms. The number of carbonyl (C=O) groups excluding carboxylic acids is 1. The normalized spacial score (nSPS) is 22.9. The molecule has 6 nitrogen and oxygen atoms in total. The summed E-state index contributed by atoms with van der Waals surface area (Å²) in [5, 5.41) is 6.80. The van der Waals surface area contributed by atoms with Crippen molar-refractivity contribution in [2.45, 2.75) is 39.3 Å². The number of hydrogen-bond donors (Lipinski definition) is 2. The van der Waals surface area contributed by atoms with Gasteiger partial charge in [-0.05, 0) is 37.6 Å². The van der Waals surface area contributed by atoms with Gasteiger partial charge in [-0.3, -0.25) is 4.79 Å². The van der Waals surface area contributed by atoms with Crippen molar-refractivity contribution >= 4 is 5.91 Å². The largest absolute Gasteiger partial charge is 0.349 e. The van der Waals surface area contributed by atoms with Crippen LogP contribution in [0, 0.1) is 12.3 Å². The topological polar surface area (TPSA) is 94.0 Å². The van der Waals surface area contributed by atoms with E-state index in [2.05, 4.69) is 29.3 Å². The van der Waals surface area contributed by atoms with Crippen LogP contribution < -0.4 is 11.1 Å². The maximum Gasteiger partial charge on any atom is 0.257 e. The van der Waals surface area contributed by atoms with E-state index in [1.165, 1.54) is 0 Å². The molecule has 116 valence electrons. The third-order valence-corrected chi connectivity index (χ3v) is 4.57. The summed E-state index contributed by atoms with van der Waals surface area (Å²) in [6, 6.07) is 7.39. The molecule has 1 aliphatic carbocycles. The fraction of sp³-hybridized carbons (Fsp3) is 0.438. The molecule has 1 aromatic heterocycles. The van der Waals surface area contributed by atoms with E-state index < -0.39 is 0 Å². The summed E-state index contributed by atoms with van der Waals surface area (Å²) in [5.74, 6) is 0.953. The average Bonchev–Trinajstić information content (AvgIpc) is 2.93. The fourth-order valence-electron chi connectivity index (χ4n) is 2.62. The van der Waals surface area contributed by atoms with Gasteiger partial charge >= 0.3 is 0 Å². The lowest BCUT2D eigenvalue weighted by Crippen LogP contribution is -2.64. The van der Waals surface area contributed by atoms with Crippen LogP contribution in [-0.2, 0) is 0 Å². The molecule has 1 heterocycles. The SMILES string of the molecule is Cc1noc(-c2ccc(C(=O)NC3CC(N)C3(C)C)cc2)n1. The van der Waals surface area contributed by atoms with E-state index in [-0.39, 0.29) is 23.4 Å². The lowest BCUT2D eigenvalue weighted by molar-refractivity contribution is 0.0586. The molecule has 22 heavy (non-hydrogen) atoms. The maximum atomic E-state index is 12.3. The highest BCUT2D eigenvalue weighted by Crippen LogP contribution is 2.39. The van der Waals surface area contributed by atoms with Crippen LogP contribution in [0.4, 0.5) is 0 Å². The number of carbonyl (C=O) groups is 1. The number of aryl methyl sites for hydroxylation is 1. The Morgan fingerprint density at radius 3 is 2.55 bits per heavy atom. The van der Waals surface area contributed by atoms with Gasteiger partial charge in [0.25, 0.3) is 11.8 Å². The van der Waals surface area contributed by atoms with Crippen molar-refractivity contribution in [3.63, 3.8) is 0 Å². The third-order valence-electron chi connectivity index (χ3n) is 4.57. The van der Waals surface area contributed by atoms with Crippen LogP contribution in [0.25, 0.3) is 11.5 Å². The molecule has 1 fully saturated rings. The van der Waals surface area contributed by atoms with Crippen LogP contribution in [0.3, 0.4) is 0 Å². The molecular formula is C16H20N4O2. The summed E-state index contributed by atoms with van der Waals surface area (Å²) >= 11 is 0. The van der Waals surface area contributed by atoms with Crippen LogP contribution in [0.15, 0.2) is 28.8 Å². The van der Waals surface area contributed by atoms with E-state index >= 15 is 0 Å². The van der Waals surface area contributed by atoms with Crippen molar-refractivity contribution < 1.29 is 9.32 Å². The van der Waals surface area contributed by atoms with Crippen LogP contribution in [0.1, 0.15) is 36.5 Å². The minimum absolute atomic E-state index is 0.0586. The Labute approximate surface area is 129 Å². The summed E-state index contributed by atoms with van der Waals surface area (Å²) in [5.41, 5.74) is 7.32. The second-order valence-corrected chi connectivity index (χ2v) is 6.41. The van der Waals surface area contributed by atoms with Gasteiger partial charge in [-0.1, -0.05) is 19.0 Å².